The predicted octanol–water partition coefficient (Wildman–Crippen LogP) is 2.93. The normalized spacial score (nSPS) is 19.2. The van der Waals surface area contributed by atoms with Crippen LogP contribution in [0, 0.1) is 5.92 Å². The van der Waals surface area contributed by atoms with E-state index in [0.29, 0.717) is 5.56 Å². The van der Waals surface area contributed by atoms with E-state index in [0.717, 1.165) is 31.5 Å². The predicted molar refractivity (Wildman–Crippen MR) is 51.5 cm³/mol. The van der Waals surface area contributed by atoms with Crippen molar-refractivity contribution in [2.24, 2.45) is 5.92 Å². The second-order valence-electron chi connectivity index (χ2n) is 4.11. The van der Waals surface area contributed by atoms with Gasteiger partial charge in [0.05, 0.1) is 6.10 Å². The monoisotopic (exact) mass is 231 g/mol. The molecule has 1 aromatic heterocycles. The summed E-state index contributed by atoms with van der Waals surface area (Å²) in [5, 5.41) is 9.81. The molecule has 2 nitrogen and oxygen atoms in total. The average molecular weight is 231 g/mol. The Morgan fingerprint density at radius 1 is 1.31 bits per heavy atom. The molecule has 0 bridgehead atoms. The molecule has 1 N–H and O–H groups in total. The Labute approximate surface area is 91.1 Å². The third-order valence-electron chi connectivity index (χ3n) is 3.01. The molecule has 1 heterocycles. The molecule has 5 heteroatoms. The number of nitrogens with zero attached hydrogens (tertiary/aromatic N) is 1. The molecule has 0 aliphatic heterocycles. The fourth-order valence-corrected chi connectivity index (χ4v) is 1.78. The third kappa shape index (κ3) is 2.19. The van der Waals surface area contributed by atoms with Crippen molar-refractivity contribution in [3.63, 3.8) is 0 Å². The number of halogens is 3. The Kier molecular flexibility index (Phi) is 2.88. The molecule has 2 rings (SSSR count). The van der Waals surface area contributed by atoms with Gasteiger partial charge in [-0.05, 0) is 30.4 Å². The van der Waals surface area contributed by atoms with E-state index in [-0.39, 0.29) is 5.92 Å². The highest BCUT2D eigenvalue weighted by Crippen LogP contribution is 2.37. The average Bonchev–Trinajstić information content (AvgIpc) is 2.14. The molecule has 0 amide bonds. The summed E-state index contributed by atoms with van der Waals surface area (Å²) >= 11 is 0. The standard InChI is InChI=1S/C11H12F3NO/c12-11(13,14)9-5-4-8(6-15-9)10(16)7-2-1-3-7/h4-7,10,16H,1-3H2. The van der Waals surface area contributed by atoms with Crippen LogP contribution in [0.5, 0.6) is 0 Å². The highest BCUT2D eigenvalue weighted by molar-refractivity contribution is 5.19. The highest BCUT2D eigenvalue weighted by Gasteiger charge is 2.33. The lowest BCUT2D eigenvalue weighted by Crippen LogP contribution is -2.20. The Balaban J connectivity index is 2.12. The lowest BCUT2D eigenvalue weighted by Gasteiger charge is -2.30. The number of hydrogen-bond acceptors (Lipinski definition) is 2. The zero-order chi connectivity index (χ0) is 11.8. The fraction of sp³-hybridized carbons (Fsp3) is 0.545. The van der Waals surface area contributed by atoms with Crippen molar-refractivity contribution in [3.05, 3.63) is 29.6 Å². The first-order valence-corrected chi connectivity index (χ1v) is 5.19. The van der Waals surface area contributed by atoms with Crippen molar-refractivity contribution in [2.45, 2.75) is 31.5 Å². The fourth-order valence-electron chi connectivity index (χ4n) is 1.78. The van der Waals surface area contributed by atoms with Crippen LogP contribution < -0.4 is 0 Å². The molecule has 0 aromatic carbocycles. The lowest BCUT2D eigenvalue weighted by molar-refractivity contribution is -0.141. The first kappa shape index (κ1) is 11.4. The summed E-state index contributed by atoms with van der Waals surface area (Å²) in [6.45, 7) is 0. The van der Waals surface area contributed by atoms with Crippen LogP contribution in [0.25, 0.3) is 0 Å². The molecule has 0 spiro atoms. The van der Waals surface area contributed by atoms with E-state index < -0.39 is 18.0 Å². The highest BCUT2D eigenvalue weighted by atomic mass is 19.4. The van der Waals surface area contributed by atoms with Gasteiger partial charge in [-0.1, -0.05) is 12.5 Å². The minimum Gasteiger partial charge on any atom is -0.388 e. The quantitative estimate of drug-likeness (QED) is 0.848. The first-order valence-electron chi connectivity index (χ1n) is 5.19. The molecule has 1 saturated carbocycles. The Hall–Kier alpha value is -1.10. The van der Waals surface area contributed by atoms with Crippen LogP contribution in [0.2, 0.25) is 0 Å². The molecule has 1 aliphatic rings. The molecule has 1 aromatic rings. The van der Waals surface area contributed by atoms with Gasteiger partial charge in [0.25, 0.3) is 0 Å². The van der Waals surface area contributed by atoms with Crippen LogP contribution in [-0.2, 0) is 6.18 Å². The molecular formula is C11H12F3NO. The molecule has 16 heavy (non-hydrogen) atoms. The Morgan fingerprint density at radius 3 is 2.38 bits per heavy atom. The van der Waals surface area contributed by atoms with Crippen LogP contribution in [0.4, 0.5) is 13.2 Å². The summed E-state index contributed by atoms with van der Waals surface area (Å²) in [5.74, 6) is 0.179. The molecule has 0 radical (unpaired) electrons. The Bertz CT molecular complexity index is 356. The van der Waals surface area contributed by atoms with Crippen molar-refractivity contribution in [1.29, 1.82) is 0 Å². The van der Waals surface area contributed by atoms with E-state index in [4.69, 9.17) is 0 Å². The second kappa shape index (κ2) is 4.05. The maximum Gasteiger partial charge on any atom is 0.433 e. The van der Waals surface area contributed by atoms with E-state index >= 15 is 0 Å². The van der Waals surface area contributed by atoms with E-state index in [2.05, 4.69) is 4.98 Å². The third-order valence-corrected chi connectivity index (χ3v) is 3.01. The zero-order valence-electron chi connectivity index (χ0n) is 8.54. The number of pyridine rings is 1. The smallest absolute Gasteiger partial charge is 0.388 e. The summed E-state index contributed by atoms with van der Waals surface area (Å²) < 4.78 is 36.7. The van der Waals surface area contributed by atoms with E-state index in [9.17, 15) is 18.3 Å². The molecule has 1 unspecified atom stereocenters. The van der Waals surface area contributed by atoms with Gasteiger partial charge in [-0.2, -0.15) is 13.2 Å². The molecular weight excluding hydrogens is 219 g/mol. The molecule has 0 saturated heterocycles. The zero-order valence-corrected chi connectivity index (χ0v) is 8.54. The van der Waals surface area contributed by atoms with E-state index in [1.54, 1.807) is 0 Å². The van der Waals surface area contributed by atoms with Gasteiger partial charge in [-0.3, -0.25) is 4.98 Å². The SMILES string of the molecule is OC(c1ccc(C(F)(F)F)nc1)C1CCC1. The van der Waals surface area contributed by atoms with Gasteiger partial charge < -0.3 is 5.11 Å². The summed E-state index contributed by atoms with van der Waals surface area (Å²) in [7, 11) is 0. The maximum absolute atomic E-state index is 12.2. The molecule has 1 atom stereocenters. The van der Waals surface area contributed by atoms with Crippen LogP contribution in [0.15, 0.2) is 18.3 Å². The number of aliphatic hydroxyl groups excluding tert-OH is 1. The van der Waals surface area contributed by atoms with Crippen LogP contribution in [0.3, 0.4) is 0 Å². The van der Waals surface area contributed by atoms with Crippen molar-refractivity contribution < 1.29 is 18.3 Å². The lowest BCUT2D eigenvalue weighted by atomic mass is 9.79. The second-order valence-corrected chi connectivity index (χ2v) is 4.11. The summed E-state index contributed by atoms with van der Waals surface area (Å²) in [5.41, 5.74) is -0.449. The van der Waals surface area contributed by atoms with Gasteiger partial charge in [0.2, 0.25) is 0 Å². The van der Waals surface area contributed by atoms with Gasteiger partial charge in [0.1, 0.15) is 5.69 Å². The number of aromatic nitrogens is 1. The topological polar surface area (TPSA) is 33.1 Å². The number of hydrogen-bond donors (Lipinski definition) is 1. The minimum atomic E-state index is -4.42. The van der Waals surface area contributed by atoms with Crippen molar-refractivity contribution >= 4 is 0 Å². The van der Waals surface area contributed by atoms with E-state index in [1.165, 1.54) is 6.07 Å². The van der Waals surface area contributed by atoms with Gasteiger partial charge in [-0.15, -0.1) is 0 Å². The number of alkyl halides is 3. The van der Waals surface area contributed by atoms with E-state index in [1.807, 2.05) is 0 Å². The largest absolute Gasteiger partial charge is 0.433 e. The van der Waals surface area contributed by atoms with Gasteiger partial charge in [-0.25, -0.2) is 0 Å². The minimum absolute atomic E-state index is 0.179. The molecule has 1 fully saturated rings. The van der Waals surface area contributed by atoms with Gasteiger partial charge >= 0.3 is 6.18 Å². The van der Waals surface area contributed by atoms with Crippen molar-refractivity contribution in [1.82, 2.24) is 4.98 Å². The Morgan fingerprint density at radius 2 is 2.00 bits per heavy atom. The summed E-state index contributed by atoms with van der Waals surface area (Å²) in [4.78, 5) is 3.33. The van der Waals surface area contributed by atoms with Crippen molar-refractivity contribution in [2.75, 3.05) is 0 Å². The molecule has 88 valence electrons. The molecule has 1 aliphatic carbocycles. The summed E-state index contributed by atoms with van der Waals surface area (Å²) in [6.07, 6.45) is -1.03. The van der Waals surface area contributed by atoms with Gasteiger partial charge in [0, 0.05) is 6.20 Å². The maximum atomic E-state index is 12.2. The summed E-state index contributed by atoms with van der Waals surface area (Å²) in [6, 6.07) is 2.22. The van der Waals surface area contributed by atoms with Crippen LogP contribution >= 0.6 is 0 Å². The van der Waals surface area contributed by atoms with Crippen LogP contribution in [-0.4, -0.2) is 10.1 Å². The first-order chi connectivity index (χ1) is 7.48. The number of rotatable bonds is 2. The van der Waals surface area contributed by atoms with Crippen LogP contribution in [0.1, 0.15) is 36.6 Å². The van der Waals surface area contributed by atoms with Gasteiger partial charge in [0.15, 0.2) is 0 Å². The van der Waals surface area contributed by atoms with Crippen molar-refractivity contribution in [3.8, 4) is 0 Å². The number of aliphatic hydroxyl groups is 1.